The van der Waals surface area contributed by atoms with Gasteiger partial charge < -0.3 is 10.2 Å². The van der Waals surface area contributed by atoms with Crippen LogP contribution >= 0.6 is 11.6 Å². The van der Waals surface area contributed by atoms with Gasteiger partial charge in [0.1, 0.15) is 5.78 Å². The van der Waals surface area contributed by atoms with E-state index in [-0.39, 0.29) is 24.2 Å². The molecule has 1 aromatic carbocycles. The SMILES string of the molecule is CC(=O)[C@H](CCNCC(=O)N(C)C)c1ccc(Cl)cc1. The maximum absolute atomic E-state index is 11.7. The lowest BCUT2D eigenvalue weighted by molar-refractivity contribution is -0.127. The average Bonchev–Trinajstić information content (AvgIpc) is 2.39. The maximum atomic E-state index is 11.7. The van der Waals surface area contributed by atoms with Gasteiger partial charge in [0.25, 0.3) is 0 Å². The Morgan fingerprint density at radius 3 is 2.35 bits per heavy atom. The van der Waals surface area contributed by atoms with Crippen molar-refractivity contribution in [3.05, 3.63) is 34.9 Å². The van der Waals surface area contributed by atoms with Gasteiger partial charge in [-0.15, -0.1) is 0 Å². The number of Topliss-reactive ketones (excluding diaryl/α,β-unsaturated/α-hetero) is 1. The van der Waals surface area contributed by atoms with Crippen LogP contribution in [-0.2, 0) is 9.59 Å². The topological polar surface area (TPSA) is 49.4 Å². The molecule has 0 aliphatic carbocycles. The Labute approximate surface area is 125 Å². The number of halogens is 1. The summed E-state index contributed by atoms with van der Waals surface area (Å²) in [7, 11) is 3.44. The van der Waals surface area contributed by atoms with Gasteiger partial charge in [0.05, 0.1) is 6.54 Å². The van der Waals surface area contributed by atoms with E-state index in [4.69, 9.17) is 11.6 Å². The van der Waals surface area contributed by atoms with Crippen molar-refractivity contribution in [2.24, 2.45) is 0 Å². The third kappa shape index (κ3) is 5.31. The van der Waals surface area contributed by atoms with E-state index in [0.29, 0.717) is 18.0 Å². The molecule has 0 saturated heterocycles. The lowest BCUT2D eigenvalue weighted by Crippen LogP contribution is -2.34. The van der Waals surface area contributed by atoms with E-state index in [0.717, 1.165) is 5.56 Å². The predicted molar refractivity (Wildman–Crippen MR) is 81.1 cm³/mol. The van der Waals surface area contributed by atoms with Crippen LogP contribution in [0.5, 0.6) is 0 Å². The van der Waals surface area contributed by atoms with Crippen molar-refractivity contribution < 1.29 is 9.59 Å². The molecule has 0 heterocycles. The minimum Gasteiger partial charge on any atom is -0.348 e. The van der Waals surface area contributed by atoms with E-state index < -0.39 is 0 Å². The Balaban J connectivity index is 2.50. The van der Waals surface area contributed by atoms with Crippen LogP contribution in [0, 0.1) is 0 Å². The third-order valence-electron chi connectivity index (χ3n) is 3.15. The first-order valence-corrected chi connectivity index (χ1v) is 6.96. The van der Waals surface area contributed by atoms with E-state index in [1.165, 1.54) is 4.90 Å². The van der Waals surface area contributed by atoms with Crippen molar-refractivity contribution in [2.75, 3.05) is 27.2 Å². The van der Waals surface area contributed by atoms with Crippen LogP contribution in [-0.4, -0.2) is 43.8 Å². The van der Waals surface area contributed by atoms with Gasteiger partial charge in [0.2, 0.25) is 5.91 Å². The van der Waals surface area contributed by atoms with E-state index in [1.54, 1.807) is 33.2 Å². The number of nitrogens with one attached hydrogen (secondary N) is 1. The summed E-state index contributed by atoms with van der Waals surface area (Å²) in [6.07, 6.45) is 0.664. The Bertz CT molecular complexity index is 457. The summed E-state index contributed by atoms with van der Waals surface area (Å²) in [4.78, 5) is 24.7. The van der Waals surface area contributed by atoms with Gasteiger partial charge >= 0.3 is 0 Å². The molecule has 1 aromatic rings. The van der Waals surface area contributed by atoms with Crippen molar-refractivity contribution in [2.45, 2.75) is 19.3 Å². The van der Waals surface area contributed by atoms with Gasteiger partial charge in [-0.2, -0.15) is 0 Å². The third-order valence-corrected chi connectivity index (χ3v) is 3.40. The normalized spacial score (nSPS) is 12.0. The molecule has 4 nitrogen and oxygen atoms in total. The molecule has 0 aliphatic heterocycles. The number of likely N-dealkylation sites (N-methyl/N-ethyl adjacent to an activating group) is 1. The van der Waals surface area contributed by atoms with Gasteiger partial charge in [-0.05, 0) is 37.6 Å². The molecule has 0 unspecified atom stereocenters. The van der Waals surface area contributed by atoms with Crippen LogP contribution in [0.4, 0.5) is 0 Å². The van der Waals surface area contributed by atoms with Crippen LogP contribution in [0.1, 0.15) is 24.8 Å². The summed E-state index contributed by atoms with van der Waals surface area (Å²) in [6.45, 7) is 2.49. The summed E-state index contributed by atoms with van der Waals surface area (Å²) >= 11 is 5.85. The first kappa shape index (κ1) is 16.7. The van der Waals surface area contributed by atoms with Crippen molar-refractivity contribution in [1.82, 2.24) is 10.2 Å². The number of benzene rings is 1. The minimum absolute atomic E-state index is 0.0240. The summed E-state index contributed by atoms with van der Waals surface area (Å²) in [5, 5.41) is 3.72. The van der Waals surface area contributed by atoms with Crippen LogP contribution in [0.3, 0.4) is 0 Å². The summed E-state index contributed by atoms with van der Waals surface area (Å²) in [6, 6.07) is 7.32. The Kier molecular flexibility index (Phi) is 6.68. The number of amides is 1. The van der Waals surface area contributed by atoms with Crippen molar-refractivity contribution in [3.63, 3.8) is 0 Å². The van der Waals surface area contributed by atoms with Crippen LogP contribution < -0.4 is 5.32 Å². The van der Waals surface area contributed by atoms with E-state index in [1.807, 2.05) is 12.1 Å². The molecule has 1 amide bonds. The molecule has 110 valence electrons. The highest BCUT2D eigenvalue weighted by atomic mass is 35.5. The second kappa shape index (κ2) is 8.02. The number of nitrogens with zero attached hydrogens (tertiary/aromatic N) is 1. The summed E-state index contributed by atoms with van der Waals surface area (Å²) in [5.41, 5.74) is 0.961. The monoisotopic (exact) mass is 296 g/mol. The molecule has 0 aliphatic rings. The van der Waals surface area contributed by atoms with Crippen LogP contribution in [0.25, 0.3) is 0 Å². The van der Waals surface area contributed by atoms with Gasteiger partial charge in [0, 0.05) is 25.0 Å². The van der Waals surface area contributed by atoms with Crippen molar-refractivity contribution in [1.29, 1.82) is 0 Å². The highest BCUT2D eigenvalue weighted by molar-refractivity contribution is 6.30. The Hall–Kier alpha value is -1.39. The Morgan fingerprint density at radius 1 is 1.25 bits per heavy atom. The second-order valence-electron chi connectivity index (χ2n) is 4.97. The van der Waals surface area contributed by atoms with E-state index in [2.05, 4.69) is 5.32 Å². The van der Waals surface area contributed by atoms with Gasteiger partial charge in [-0.1, -0.05) is 23.7 Å². The fourth-order valence-corrected chi connectivity index (χ4v) is 2.03. The number of ketones is 1. The smallest absolute Gasteiger partial charge is 0.236 e. The summed E-state index contributed by atoms with van der Waals surface area (Å²) in [5.74, 6) is -0.0156. The first-order chi connectivity index (χ1) is 9.41. The lowest BCUT2D eigenvalue weighted by Gasteiger charge is -2.15. The molecular formula is C15H21ClN2O2. The molecule has 1 rings (SSSR count). The Morgan fingerprint density at radius 2 is 1.85 bits per heavy atom. The molecular weight excluding hydrogens is 276 g/mol. The molecule has 1 N–H and O–H groups in total. The summed E-state index contributed by atoms with van der Waals surface area (Å²) < 4.78 is 0. The molecule has 0 spiro atoms. The van der Waals surface area contributed by atoms with Crippen molar-refractivity contribution >= 4 is 23.3 Å². The molecule has 20 heavy (non-hydrogen) atoms. The molecule has 0 saturated carbocycles. The van der Waals surface area contributed by atoms with E-state index in [9.17, 15) is 9.59 Å². The zero-order chi connectivity index (χ0) is 15.1. The minimum atomic E-state index is -0.158. The molecule has 0 radical (unpaired) electrons. The number of hydrogen-bond acceptors (Lipinski definition) is 3. The van der Waals surface area contributed by atoms with Gasteiger partial charge in [-0.3, -0.25) is 9.59 Å². The van der Waals surface area contributed by atoms with Gasteiger partial charge in [0.15, 0.2) is 0 Å². The highest BCUT2D eigenvalue weighted by Gasteiger charge is 2.16. The largest absolute Gasteiger partial charge is 0.348 e. The molecule has 5 heteroatoms. The predicted octanol–water partition coefficient (Wildman–Crippen LogP) is 2.08. The van der Waals surface area contributed by atoms with Crippen LogP contribution in [0.2, 0.25) is 5.02 Å². The zero-order valence-corrected chi connectivity index (χ0v) is 12.9. The number of rotatable bonds is 7. The van der Waals surface area contributed by atoms with E-state index >= 15 is 0 Å². The second-order valence-corrected chi connectivity index (χ2v) is 5.40. The molecule has 0 aromatic heterocycles. The molecule has 0 bridgehead atoms. The molecule has 0 fully saturated rings. The quantitative estimate of drug-likeness (QED) is 0.784. The zero-order valence-electron chi connectivity index (χ0n) is 12.1. The fourth-order valence-electron chi connectivity index (χ4n) is 1.90. The highest BCUT2D eigenvalue weighted by Crippen LogP contribution is 2.22. The standard InChI is InChI=1S/C15H21ClN2O2/c1-11(19)14(12-4-6-13(16)7-5-12)8-9-17-10-15(20)18(2)3/h4-7,14,17H,8-10H2,1-3H3/t14-/m0/s1. The average molecular weight is 297 g/mol. The number of hydrogen-bond donors (Lipinski definition) is 1. The number of carbonyl (C=O) groups is 2. The van der Waals surface area contributed by atoms with Crippen LogP contribution in [0.15, 0.2) is 24.3 Å². The molecule has 1 atom stereocenters. The van der Waals surface area contributed by atoms with Gasteiger partial charge in [-0.25, -0.2) is 0 Å². The fraction of sp³-hybridized carbons (Fsp3) is 0.467. The maximum Gasteiger partial charge on any atom is 0.236 e. The van der Waals surface area contributed by atoms with Crippen molar-refractivity contribution in [3.8, 4) is 0 Å². The first-order valence-electron chi connectivity index (χ1n) is 6.58. The number of carbonyl (C=O) groups excluding carboxylic acids is 2. The lowest BCUT2D eigenvalue weighted by atomic mass is 9.92.